The van der Waals surface area contributed by atoms with E-state index in [0.29, 0.717) is 0 Å². The first-order valence-corrected chi connectivity index (χ1v) is 8.53. The molecule has 1 fully saturated rings. The van der Waals surface area contributed by atoms with Crippen molar-refractivity contribution < 1.29 is 0 Å². The zero-order chi connectivity index (χ0) is 14.0. The Balaban J connectivity index is 0.00000220. The zero-order valence-electron chi connectivity index (χ0n) is 12.7. The van der Waals surface area contributed by atoms with Crippen LogP contribution in [0, 0.1) is 0 Å². The monoisotopic (exact) mass is 419 g/mol. The third-order valence-corrected chi connectivity index (χ3v) is 4.92. The molecule has 118 valence electrons. The van der Waals surface area contributed by atoms with Gasteiger partial charge in [-0.1, -0.05) is 30.3 Å². The molecule has 3 nitrogen and oxygen atoms in total. The minimum Gasteiger partial charge on any atom is -0.356 e. The van der Waals surface area contributed by atoms with Gasteiger partial charge in [0.1, 0.15) is 0 Å². The molecule has 1 aromatic carbocycles. The summed E-state index contributed by atoms with van der Waals surface area (Å²) < 4.78 is 0. The molecule has 0 spiro atoms. The number of aryl methyl sites for hydroxylation is 1. The van der Waals surface area contributed by atoms with E-state index in [-0.39, 0.29) is 24.0 Å². The van der Waals surface area contributed by atoms with Crippen LogP contribution in [0.15, 0.2) is 35.3 Å². The molecule has 1 unspecified atom stereocenters. The molecule has 2 N–H and O–H groups in total. The van der Waals surface area contributed by atoms with Crippen LogP contribution in [0.2, 0.25) is 0 Å². The van der Waals surface area contributed by atoms with E-state index in [1.807, 2.05) is 7.05 Å². The van der Waals surface area contributed by atoms with Gasteiger partial charge in [0.2, 0.25) is 0 Å². The predicted octanol–water partition coefficient (Wildman–Crippen LogP) is 3.30. The summed E-state index contributed by atoms with van der Waals surface area (Å²) in [6.07, 6.45) is 4.94. The molecule has 1 aliphatic rings. The summed E-state index contributed by atoms with van der Waals surface area (Å²) in [6.45, 7) is 2.00. The Kier molecular flexibility index (Phi) is 9.91. The van der Waals surface area contributed by atoms with E-state index in [1.165, 1.54) is 24.2 Å². The van der Waals surface area contributed by atoms with Crippen molar-refractivity contribution in [1.29, 1.82) is 0 Å². The predicted molar refractivity (Wildman–Crippen MR) is 105 cm³/mol. The van der Waals surface area contributed by atoms with Gasteiger partial charge in [-0.05, 0) is 37.0 Å². The van der Waals surface area contributed by atoms with E-state index in [9.17, 15) is 0 Å². The van der Waals surface area contributed by atoms with E-state index in [2.05, 4.69) is 57.7 Å². The Morgan fingerprint density at radius 1 is 1.29 bits per heavy atom. The van der Waals surface area contributed by atoms with Gasteiger partial charge in [0.05, 0.1) is 0 Å². The first-order chi connectivity index (χ1) is 9.88. The minimum absolute atomic E-state index is 0. The lowest BCUT2D eigenvalue weighted by Crippen LogP contribution is -2.40. The molecule has 1 saturated heterocycles. The van der Waals surface area contributed by atoms with Crippen LogP contribution in [0.1, 0.15) is 24.8 Å². The first-order valence-electron chi connectivity index (χ1n) is 7.48. The molecule has 21 heavy (non-hydrogen) atoms. The first kappa shape index (κ1) is 18.6. The molecule has 1 aromatic rings. The summed E-state index contributed by atoms with van der Waals surface area (Å²) in [4.78, 5) is 4.28. The largest absolute Gasteiger partial charge is 0.356 e. The van der Waals surface area contributed by atoms with Gasteiger partial charge in [0.25, 0.3) is 0 Å². The maximum absolute atomic E-state index is 4.28. The van der Waals surface area contributed by atoms with Gasteiger partial charge in [-0.25, -0.2) is 0 Å². The van der Waals surface area contributed by atoms with Crippen molar-refractivity contribution in [2.45, 2.75) is 30.9 Å². The fraction of sp³-hybridized carbons (Fsp3) is 0.562. The number of aliphatic imine (C=N–C) groups is 1. The highest BCUT2D eigenvalue weighted by Gasteiger charge is 2.15. The van der Waals surface area contributed by atoms with Gasteiger partial charge >= 0.3 is 0 Å². The number of hydrogen-bond acceptors (Lipinski definition) is 2. The fourth-order valence-corrected chi connectivity index (χ4v) is 3.58. The second kappa shape index (κ2) is 11.2. The van der Waals surface area contributed by atoms with Crippen LogP contribution >= 0.6 is 35.7 Å². The third-order valence-electron chi connectivity index (χ3n) is 3.52. The molecule has 2 rings (SSSR count). The summed E-state index contributed by atoms with van der Waals surface area (Å²) >= 11 is 2.08. The number of nitrogens with one attached hydrogen (secondary N) is 2. The van der Waals surface area contributed by atoms with Crippen LogP contribution in [0.5, 0.6) is 0 Å². The molecule has 0 aliphatic carbocycles. The van der Waals surface area contributed by atoms with Crippen molar-refractivity contribution in [2.24, 2.45) is 4.99 Å². The smallest absolute Gasteiger partial charge is 0.191 e. The number of hydrogen-bond donors (Lipinski definition) is 2. The van der Waals surface area contributed by atoms with Crippen molar-refractivity contribution in [3.63, 3.8) is 0 Å². The Bertz CT molecular complexity index is 405. The van der Waals surface area contributed by atoms with Gasteiger partial charge in [0.15, 0.2) is 5.96 Å². The van der Waals surface area contributed by atoms with E-state index in [4.69, 9.17) is 0 Å². The van der Waals surface area contributed by atoms with Gasteiger partial charge in [-0.15, -0.1) is 24.0 Å². The van der Waals surface area contributed by atoms with E-state index < -0.39 is 0 Å². The van der Waals surface area contributed by atoms with E-state index in [1.54, 1.807) is 0 Å². The Morgan fingerprint density at radius 2 is 2.10 bits per heavy atom. The average molecular weight is 419 g/mol. The lowest BCUT2D eigenvalue weighted by molar-refractivity contribution is 0.710. The van der Waals surface area contributed by atoms with Crippen molar-refractivity contribution in [3.05, 3.63) is 35.9 Å². The summed E-state index contributed by atoms with van der Waals surface area (Å²) in [6, 6.07) is 10.6. The van der Waals surface area contributed by atoms with Gasteiger partial charge in [-0.3, -0.25) is 4.99 Å². The molecular formula is C16H26IN3S. The second-order valence-corrected chi connectivity index (χ2v) is 6.51. The molecule has 1 atom stereocenters. The lowest BCUT2D eigenvalue weighted by atomic mass is 10.1. The molecule has 0 amide bonds. The van der Waals surface area contributed by atoms with E-state index in [0.717, 1.165) is 37.1 Å². The van der Waals surface area contributed by atoms with Gasteiger partial charge < -0.3 is 10.6 Å². The van der Waals surface area contributed by atoms with Crippen molar-refractivity contribution >= 4 is 41.7 Å². The van der Waals surface area contributed by atoms with Crippen LogP contribution in [0.3, 0.4) is 0 Å². The van der Waals surface area contributed by atoms with Crippen molar-refractivity contribution in [3.8, 4) is 0 Å². The van der Waals surface area contributed by atoms with Crippen LogP contribution in [0.4, 0.5) is 0 Å². The topological polar surface area (TPSA) is 36.4 Å². The average Bonchev–Trinajstić information content (AvgIpc) is 3.01. The summed E-state index contributed by atoms with van der Waals surface area (Å²) in [5.41, 5.74) is 1.40. The fourth-order valence-electron chi connectivity index (χ4n) is 2.38. The molecule has 0 aromatic heterocycles. The summed E-state index contributed by atoms with van der Waals surface area (Å²) in [5, 5.41) is 7.58. The highest BCUT2D eigenvalue weighted by molar-refractivity contribution is 14.0. The number of thioether (sulfide) groups is 1. The Labute approximate surface area is 149 Å². The summed E-state index contributed by atoms with van der Waals surface area (Å²) in [5.74, 6) is 2.25. The Hall–Kier alpha value is -0.430. The second-order valence-electron chi connectivity index (χ2n) is 5.10. The SMILES string of the molecule is CN=C(NCCCc1ccccc1)NCC1CCCS1.I. The number of halogens is 1. The van der Waals surface area contributed by atoms with Crippen molar-refractivity contribution in [2.75, 3.05) is 25.9 Å². The van der Waals surface area contributed by atoms with E-state index >= 15 is 0 Å². The minimum atomic E-state index is 0. The molecule has 0 bridgehead atoms. The highest BCUT2D eigenvalue weighted by atomic mass is 127. The number of benzene rings is 1. The van der Waals surface area contributed by atoms with Crippen LogP contribution in [-0.4, -0.2) is 37.1 Å². The molecule has 1 aliphatic heterocycles. The van der Waals surface area contributed by atoms with Crippen LogP contribution < -0.4 is 10.6 Å². The molecule has 0 saturated carbocycles. The third kappa shape index (κ3) is 7.40. The molecular weight excluding hydrogens is 393 g/mol. The number of guanidine groups is 1. The molecule has 0 radical (unpaired) electrons. The summed E-state index contributed by atoms with van der Waals surface area (Å²) in [7, 11) is 1.84. The number of nitrogens with zero attached hydrogens (tertiary/aromatic N) is 1. The van der Waals surface area contributed by atoms with Crippen LogP contribution in [-0.2, 0) is 6.42 Å². The van der Waals surface area contributed by atoms with Crippen LogP contribution in [0.25, 0.3) is 0 Å². The maximum atomic E-state index is 4.28. The van der Waals surface area contributed by atoms with Crippen molar-refractivity contribution in [1.82, 2.24) is 10.6 Å². The lowest BCUT2D eigenvalue weighted by Gasteiger charge is -2.14. The molecule has 1 heterocycles. The zero-order valence-corrected chi connectivity index (χ0v) is 15.8. The maximum Gasteiger partial charge on any atom is 0.191 e. The number of rotatable bonds is 6. The highest BCUT2D eigenvalue weighted by Crippen LogP contribution is 2.25. The quantitative estimate of drug-likeness (QED) is 0.322. The molecule has 5 heteroatoms. The standard InChI is InChI=1S/C16H25N3S.HI/c1-17-16(19-13-15-10-6-12-20-15)18-11-5-9-14-7-3-2-4-8-14;/h2-4,7-8,15H,5-6,9-13H2,1H3,(H2,17,18,19);1H. The normalized spacial score (nSPS) is 18.1. The Morgan fingerprint density at radius 3 is 2.76 bits per heavy atom. The van der Waals surface area contributed by atoms with Gasteiger partial charge in [0, 0.05) is 25.4 Å². The van der Waals surface area contributed by atoms with Gasteiger partial charge in [-0.2, -0.15) is 11.8 Å².